The minimum absolute atomic E-state index is 0.0150. The molecule has 0 aromatic carbocycles. The Bertz CT molecular complexity index is 592. The molecule has 2 atom stereocenters. The van der Waals surface area contributed by atoms with Crippen molar-refractivity contribution in [2.45, 2.75) is 44.0 Å². The van der Waals surface area contributed by atoms with Crippen LogP contribution in [0.25, 0.3) is 0 Å². The molecule has 0 bridgehead atoms. The molecule has 1 aromatic rings. The second-order valence-corrected chi connectivity index (χ2v) is 9.34. The van der Waals surface area contributed by atoms with Crippen molar-refractivity contribution in [1.82, 2.24) is 9.71 Å². The van der Waals surface area contributed by atoms with Gasteiger partial charge in [0, 0.05) is 30.9 Å². The normalized spacial score (nSPS) is 23.1. The molecule has 0 spiro atoms. The summed E-state index contributed by atoms with van der Waals surface area (Å²) in [5.74, 6) is 0. The maximum absolute atomic E-state index is 12.3. The van der Waals surface area contributed by atoms with Gasteiger partial charge in [-0.15, -0.1) is 11.3 Å². The van der Waals surface area contributed by atoms with Gasteiger partial charge in [-0.05, 0) is 0 Å². The lowest BCUT2D eigenvalue weighted by atomic mass is 9.93. The first-order valence-corrected chi connectivity index (χ1v) is 9.70. The molecule has 1 aromatic heterocycles. The Morgan fingerprint density at radius 1 is 1.45 bits per heavy atom. The first kappa shape index (κ1) is 17.8. The predicted molar refractivity (Wildman–Crippen MR) is 86.8 cm³/mol. The van der Waals surface area contributed by atoms with Crippen molar-refractivity contribution >= 4 is 21.4 Å². The van der Waals surface area contributed by atoms with Gasteiger partial charge in [-0.1, -0.05) is 20.8 Å². The van der Waals surface area contributed by atoms with Gasteiger partial charge in [-0.3, -0.25) is 0 Å². The second kappa shape index (κ2) is 6.92. The topological polar surface area (TPSA) is 77.5 Å². The Labute approximate surface area is 136 Å². The van der Waals surface area contributed by atoms with Crippen molar-refractivity contribution in [2.24, 2.45) is 0 Å². The van der Waals surface area contributed by atoms with Gasteiger partial charge in [0.05, 0.1) is 23.9 Å². The summed E-state index contributed by atoms with van der Waals surface area (Å²) in [4.78, 5) is 4.56. The van der Waals surface area contributed by atoms with Gasteiger partial charge >= 0.3 is 0 Å². The monoisotopic (exact) mass is 348 g/mol. The van der Waals surface area contributed by atoms with Gasteiger partial charge in [-0.2, -0.15) is 0 Å². The summed E-state index contributed by atoms with van der Waals surface area (Å²) in [6, 6.07) is 0. The summed E-state index contributed by atoms with van der Waals surface area (Å²) in [5, 5.41) is 2.34. The van der Waals surface area contributed by atoms with Crippen molar-refractivity contribution in [1.29, 1.82) is 0 Å². The smallest absolute Gasteiger partial charge is 0.219 e. The number of rotatable bonds is 6. The maximum atomic E-state index is 12.3. The lowest BCUT2D eigenvalue weighted by Gasteiger charge is -2.17. The van der Waals surface area contributed by atoms with Crippen molar-refractivity contribution < 1.29 is 17.9 Å². The summed E-state index contributed by atoms with van der Waals surface area (Å²) in [6.45, 7) is 7.17. The second-order valence-electron chi connectivity index (χ2n) is 6.42. The Hall–Kier alpha value is -0.540. The van der Waals surface area contributed by atoms with E-state index in [1.165, 1.54) is 7.11 Å². The predicted octanol–water partition coefficient (Wildman–Crippen LogP) is 1.32. The average Bonchev–Trinajstić information content (AvgIpc) is 3.06. The molecule has 1 N–H and O–H groups in total. The van der Waals surface area contributed by atoms with E-state index in [0.29, 0.717) is 19.6 Å². The van der Waals surface area contributed by atoms with Crippen molar-refractivity contribution in [2.75, 3.05) is 26.9 Å². The quantitative estimate of drug-likeness (QED) is 0.839. The van der Waals surface area contributed by atoms with Gasteiger partial charge in [0.1, 0.15) is 11.4 Å². The Balaban J connectivity index is 1.89. The fourth-order valence-corrected chi connectivity index (χ4v) is 4.69. The van der Waals surface area contributed by atoms with Crippen LogP contribution < -0.4 is 4.72 Å². The molecular formula is C14H24N2O4S2. The molecule has 1 saturated heterocycles. The third kappa shape index (κ3) is 4.26. The molecule has 6 nitrogen and oxygen atoms in total. The van der Waals surface area contributed by atoms with E-state index < -0.39 is 21.4 Å². The number of nitrogens with zero attached hydrogens (tertiary/aromatic N) is 1. The first-order chi connectivity index (χ1) is 10.2. The van der Waals surface area contributed by atoms with Gasteiger partial charge in [-0.25, -0.2) is 18.1 Å². The lowest BCUT2D eigenvalue weighted by molar-refractivity contribution is 0.0828. The van der Waals surface area contributed by atoms with E-state index in [0.717, 1.165) is 10.7 Å². The largest absolute Gasteiger partial charge is 0.378 e. The fourth-order valence-electron chi connectivity index (χ4n) is 2.20. The van der Waals surface area contributed by atoms with E-state index in [1.54, 1.807) is 11.3 Å². The molecule has 1 aliphatic heterocycles. The molecule has 2 rings (SSSR count). The maximum Gasteiger partial charge on any atom is 0.219 e. The number of methoxy groups -OCH3 is 1. The van der Waals surface area contributed by atoms with E-state index in [1.807, 2.05) is 5.38 Å². The van der Waals surface area contributed by atoms with Crippen molar-refractivity contribution in [3.8, 4) is 0 Å². The van der Waals surface area contributed by atoms with E-state index >= 15 is 0 Å². The van der Waals surface area contributed by atoms with E-state index in [9.17, 15) is 8.42 Å². The van der Waals surface area contributed by atoms with Crippen LogP contribution >= 0.6 is 11.3 Å². The molecule has 1 fully saturated rings. The van der Waals surface area contributed by atoms with Crippen LogP contribution in [-0.2, 0) is 31.3 Å². The molecule has 8 heteroatoms. The van der Waals surface area contributed by atoms with Crippen LogP contribution in [0.2, 0.25) is 0 Å². The van der Waals surface area contributed by atoms with E-state index in [2.05, 4.69) is 30.5 Å². The van der Waals surface area contributed by atoms with Crippen molar-refractivity contribution in [3.63, 3.8) is 0 Å². The number of thiazole rings is 1. The van der Waals surface area contributed by atoms with Gasteiger partial charge < -0.3 is 9.47 Å². The van der Waals surface area contributed by atoms with Crippen LogP contribution in [0.1, 0.15) is 31.5 Å². The lowest BCUT2D eigenvalue weighted by Crippen LogP contribution is -2.42. The zero-order chi connectivity index (χ0) is 16.4. The van der Waals surface area contributed by atoms with E-state index in [4.69, 9.17) is 9.47 Å². The highest BCUT2D eigenvalue weighted by atomic mass is 32.2. The highest BCUT2D eigenvalue weighted by Gasteiger charge is 2.38. The number of sulfonamides is 1. The number of hydrogen-bond donors (Lipinski definition) is 1. The third-order valence-corrected chi connectivity index (χ3v) is 6.39. The number of nitrogens with one attached hydrogen (secondary N) is 1. The van der Waals surface area contributed by atoms with Crippen molar-refractivity contribution in [3.05, 3.63) is 16.1 Å². The standard InChI is InChI=1S/C14H24N2O4S2/c1-14(2,3)12-9-21-13(16-12)5-6-15-22(17,18)11-8-20-7-10(11)19-4/h9-11,15H,5-8H2,1-4H3. The number of aromatic nitrogens is 1. The van der Waals surface area contributed by atoms with Crippen LogP contribution in [0.3, 0.4) is 0 Å². The highest BCUT2D eigenvalue weighted by molar-refractivity contribution is 7.90. The zero-order valence-corrected chi connectivity index (χ0v) is 15.1. The minimum atomic E-state index is -3.44. The zero-order valence-electron chi connectivity index (χ0n) is 13.5. The van der Waals surface area contributed by atoms with Crippen LogP contribution in [0.15, 0.2) is 5.38 Å². The van der Waals surface area contributed by atoms with Crippen LogP contribution in [0.5, 0.6) is 0 Å². The third-order valence-electron chi connectivity index (χ3n) is 3.64. The number of ether oxygens (including phenoxy) is 2. The Kier molecular flexibility index (Phi) is 5.60. The molecule has 0 aliphatic carbocycles. The van der Waals surface area contributed by atoms with Crippen LogP contribution in [0, 0.1) is 0 Å². The Morgan fingerprint density at radius 2 is 2.18 bits per heavy atom. The molecule has 126 valence electrons. The summed E-state index contributed by atoms with van der Waals surface area (Å²) >= 11 is 1.57. The van der Waals surface area contributed by atoms with Gasteiger partial charge in [0.25, 0.3) is 0 Å². The van der Waals surface area contributed by atoms with Crippen LogP contribution in [-0.4, -0.2) is 51.6 Å². The van der Waals surface area contributed by atoms with Gasteiger partial charge in [0.15, 0.2) is 0 Å². The molecule has 0 amide bonds. The van der Waals surface area contributed by atoms with Crippen LogP contribution in [0.4, 0.5) is 0 Å². The average molecular weight is 348 g/mol. The Morgan fingerprint density at radius 3 is 2.77 bits per heavy atom. The summed E-state index contributed by atoms with van der Waals surface area (Å²) in [7, 11) is -1.93. The van der Waals surface area contributed by atoms with Gasteiger partial charge in [0.2, 0.25) is 10.0 Å². The highest BCUT2D eigenvalue weighted by Crippen LogP contribution is 2.24. The van der Waals surface area contributed by atoms with E-state index in [-0.39, 0.29) is 12.0 Å². The molecular weight excluding hydrogens is 324 g/mol. The molecule has 2 heterocycles. The molecule has 1 aliphatic rings. The SMILES string of the molecule is COC1COCC1S(=O)(=O)NCCc1nc(C(C)(C)C)cs1. The summed E-state index contributed by atoms with van der Waals surface area (Å²) in [5.41, 5.74) is 1.06. The number of hydrogen-bond acceptors (Lipinski definition) is 6. The fraction of sp³-hybridized carbons (Fsp3) is 0.786. The molecule has 22 heavy (non-hydrogen) atoms. The summed E-state index contributed by atoms with van der Waals surface area (Å²) < 4.78 is 37.5. The first-order valence-electron chi connectivity index (χ1n) is 7.28. The molecule has 0 saturated carbocycles. The molecule has 0 radical (unpaired) electrons. The minimum Gasteiger partial charge on any atom is -0.378 e. The summed E-state index contributed by atoms with van der Waals surface area (Å²) in [6.07, 6.45) is 0.190. The molecule has 2 unspecified atom stereocenters.